The lowest BCUT2D eigenvalue weighted by molar-refractivity contribution is -0.117. The Balaban J connectivity index is 2.24. The number of anilines is 1. The topological polar surface area (TPSA) is 75.7 Å². The van der Waals surface area contributed by atoms with Gasteiger partial charge in [0.2, 0.25) is 15.9 Å². The van der Waals surface area contributed by atoms with Crippen LogP contribution in [-0.2, 0) is 26.0 Å². The molecule has 0 saturated heterocycles. The quantitative estimate of drug-likeness (QED) is 0.780. The van der Waals surface area contributed by atoms with Crippen molar-refractivity contribution in [3.8, 4) is 0 Å². The van der Waals surface area contributed by atoms with Gasteiger partial charge >= 0.3 is 0 Å². The van der Waals surface area contributed by atoms with Gasteiger partial charge in [0.05, 0.1) is 17.9 Å². The molecule has 0 atom stereocenters. The zero-order valence-corrected chi connectivity index (χ0v) is 11.7. The highest BCUT2D eigenvalue weighted by Crippen LogP contribution is 2.29. The largest absolute Gasteiger partial charge is 0.383 e. The molecule has 7 heteroatoms. The van der Waals surface area contributed by atoms with E-state index in [-0.39, 0.29) is 23.8 Å². The Kier molecular flexibility index (Phi) is 3.88. The Morgan fingerprint density at radius 3 is 2.84 bits per heavy atom. The SMILES string of the molecule is COCCNS(=O)(=O)c1ccc2c(c1)CC(=O)N2C. The van der Waals surface area contributed by atoms with Crippen LogP contribution in [0.2, 0.25) is 0 Å². The predicted molar refractivity (Wildman–Crippen MR) is 70.6 cm³/mol. The van der Waals surface area contributed by atoms with Crippen LogP contribution in [0.3, 0.4) is 0 Å². The van der Waals surface area contributed by atoms with Gasteiger partial charge < -0.3 is 9.64 Å². The Hall–Kier alpha value is -1.44. The fourth-order valence-electron chi connectivity index (χ4n) is 1.98. The Labute approximate surface area is 112 Å². The van der Waals surface area contributed by atoms with Crippen LogP contribution in [0.25, 0.3) is 0 Å². The summed E-state index contributed by atoms with van der Waals surface area (Å²) in [6.07, 6.45) is 0.243. The molecule has 0 saturated carbocycles. The van der Waals surface area contributed by atoms with Crippen molar-refractivity contribution < 1.29 is 17.9 Å². The number of likely N-dealkylation sites (N-methyl/N-ethyl adjacent to an activating group) is 1. The lowest BCUT2D eigenvalue weighted by atomic mass is 10.2. The maximum atomic E-state index is 12.0. The number of ether oxygens (including phenoxy) is 1. The number of carbonyl (C=O) groups is 1. The molecule has 19 heavy (non-hydrogen) atoms. The summed E-state index contributed by atoms with van der Waals surface area (Å²) in [5.74, 6) is -0.0307. The molecule has 0 aliphatic carbocycles. The number of hydrogen-bond donors (Lipinski definition) is 1. The molecule has 1 aliphatic heterocycles. The number of nitrogens with one attached hydrogen (secondary N) is 1. The first-order chi connectivity index (χ1) is 8.95. The van der Waals surface area contributed by atoms with Crippen molar-refractivity contribution in [3.05, 3.63) is 23.8 Å². The zero-order chi connectivity index (χ0) is 14.0. The second-order valence-electron chi connectivity index (χ2n) is 4.31. The van der Waals surface area contributed by atoms with E-state index < -0.39 is 10.0 Å². The van der Waals surface area contributed by atoms with Gasteiger partial charge in [-0.3, -0.25) is 4.79 Å². The van der Waals surface area contributed by atoms with E-state index in [1.165, 1.54) is 18.1 Å². The minimum Gasteiger partial charge on any atom is -0.383 e. The fourth-order valence-corrected chi connectivity index (χ4v) is 3.04. The molecule has 1 N–H and O–H groups in total. The van der Waals surface area contributed by atoms with Gasteiger partial charge in [-0.15, -0.1) is 0 Å². The molecule has 6 nitrogen and oxygen atoms in total. The molecule has 1 aliphatic rings. The average Bonchev–Trinajstić information content (AvgIpc) is 2.65. The third kappa shape index (κ3) is 2.78. The first-order valence-electron chi connectivity index (χ1n) is 5.84. The number of nitrogens with zero attached hydrogens (tertiary/aromatic N) is 1. The van der Waals surface area contributed by atoms with Crippen molar-refractivity contribution in [1.29, 1.82) is 0 Å². The Bertz CT molecular complexity index is 598. The molecule has 0 spiro atoms. The molecule has 104 valence electrons. The molecule has 0 radical (unpaired) electrons. The lowest BCUT2D eigenvalue weighted by Gasteiger charge is -2.11. The van der Waals surface area contributed by atoms with E-state index in [9.17, 15) is 13.2 Å². The molecule has 1 aromatic carbocycles. The third-order valence-corrected chi connectivity index (χ3v) is 4.50. The van der Waals surface area contributed by atoms with Gasteiger partial charge in [0.1, 0.15) is 0 Å². The highest BCUT2D eigenvalue weighted by molar-refractivity contribution is 7.89. The molecule has 1 amide bonds. The number of sulfonamides is 1. The van der Waals surface area contributed by atoms with Crippen LogP contribution < -0.4 is 9.62 Å². The van der Waals surface area contributed by atoms with Crippen LogP contribution in [0.5, 0.6) is 0 Å². The zero-order valence-electron chi connectivity index (χ0n) is 10.8. The molecule has 0 unspecified atom stereocenters. The van der Waals surface area contributed by atoms with Crippen LogP contribution in [0.4, 0.5) is 5.69 Å². The normalized spacial score (nSPS) is 14.8. The van der Waals surface area contributed by atoms with Crippen LogP contribution in [0.1, 0.15) is 5.56 Å². The molecule has 0 aromatic heterocycles. The second-order valence-corrected chi connectivity index (χ2v) is 6.08. The Morgan fingerprint density at radius 1 is 1.42 bits per heavy atom. The molecule has 0 fully saturated rings. The van der Waals surface area contributed by atoms with E-state index in [0.717, 1.165) is 11.3 Å². The van der Waals surface area contributed by atoms with Crippen molar-refractivity contribution in [2.45, 2.75) is 11.3 Å². The van der Waals surface area contributed by atoms with Crippen LogP contribution in [-0.4, -0.2) is 41.6 Å². The molecule has 1 heterocycles. The summed E-state index contributed by atoms with van der Waals surface area (Å²) in [5, 5.41) is 0. The van der Waals surface area contributed by atoms with Gasteiger partial charge in [-0.2, -0.15) is 0 Å². The summed E-state index contributed by atoms with van der Waals surface area (Å²) in [7, 11) is -0.364. The number of carbonyl (C=O) groups excluding carboxylic acids is 1. The summed E-state index contributed by atoms with van der Waals surface area (Å²) in [6.45, 7) is 0.528. The number of amides is 1. The minimum absolute atomic E-state index is 0.0307. The van der Waals surface area contributed by atoms with Gasteiger partial charge in [0, 0.05) is 26.4 Å². The van der Waals surface area contributed by atoms with Gasteiger partial charge in [0.15, 0.2) is 0 Å². The average molecular weight is 284 g/mol. The summed E-state index contributed by atoms with van der Waals surface area (Å²) in [5.41, 5.74) is 1.50. The molecule has 0 bridgehead atoms. The highest BCUT2D eigenvalue weighted by Gasteiger charge is 2.25. The smallest absolute Gasteiger partial charge is 0.240 e. The number of hydrogen-bond acceptors (Lipinski definition) is 4. The predicted octanol–water partition coefficient (Wildman–Crippen LogP) is 0.130. The molecular weight excluding hydrogens is 268 g/mol. The van der Waals surface area contributed by atoms with Gasteiger partial charge in [-0.05, 0) is 23.8 Å². The molecule has 2 rings (SSSR count). The summed E-state index contributed by atoms with van der Waals surface area (Å²) in [6, 6.07) is 4.71. The third-order valence-electron chi connectivity index (χ3n) is 3.04. The number of methoxy groups -OCH3 is 1. The standard InChI is InChI=1S/C12H16N2O4S/c1-14-11-4-3-10(7-9(11)8-12(14)15)19(16,17)13-5-6-18-2/h3-4,7,13H,5-6,8H2,1-2H3. The van der Waals surface area contributed by atoms with E-state index in [4.69, 9.17) is 4.74 Å². The van der Waals surface area contributed by atoms with E-state index in [2.05, 4.69) is 4.72 Å². The van der Waals surface area contributed by atoms with Gasteiger partial charge in [-0.25, -0.2) is 13.1 Å². The van der Waals surface area contributed by atoms with Crippen molar-refractivity contribution in [2.24, 2.45) is 0 Å². The van der Waals surface area contributed by atoms with E-state index in [1.807, 2.05) is 0 Å². The van der Waals surface area contributed by atoms with Gasteiger partial charge in [-0.1, -0.05) is 0 Å². The van der Waals surface area contributed by atoms with E-state index in [1.54, 1.807) is 19.2 Å². The summed E-state index contributed by atoms with van der Waals surface area (Å²) < 4.78 is 31.2. The van der Waals surface area contributed by atoms with Crippen LogP contribution in [0, 0.1) is 0 Å². The second kappa shape index (κ2) is 5.28. The van der Waals surface area contributed by atoms with Crippen molar-refractivity contribution in [1.82, 2.24) is 4.72 Å². The van der Waals surface area contributed by atoms with Crippen molar-refractivity contribution in [2.75, 3.05) is 32.2 Å². The Morgan fingerprint density at radius 2 is 2.16 bits per heavy atom. The van der Waals surface area contributed by atoms with Crippen molar-refractivity contribution in [3.63, 3.8) is 0 Å². The first-order valence-corrected chi connectivity index (χ1v) is 7.32. The van der Waals surface area contributed by atoms with Crippen molar-refractivity contribution >= 4 is 21.6 Å². The number of rotatable bonds is 5. The fraction of sp³-hybridized carbons (Fsp3) is 0.417. The van der Waals surface area contributed by atoms with Crippen LogP contribution >= 0.6 is 0 Å². The molecule has 1 aromatic rings. The lowest BCUT2D eigenvalue weighted by Crippen LogP contribution is -2.27. The van der Waals surface area contributed by atoms with Crippen LogP contribution in [0.15, 0.2) is 23.1 Å². The number of benzene rings is 1. The number of fused-ring (bicyclic) bond motifs is 1. The van der Waals surface area contributed by atoms with E-state index in [0.29, 0.717) is 6.61 Å². The summed E-state index contributed by atoms with van der Waals surface area (Å²) in [4.78, 5) is 13.3. The maximum absolute atomic E-state index is 12.0. The maximum Gasteiger partial charge on any atom is 0.240 e. The first kappa shape index (κ1) is 14.0. The van der Waals surface area contributed by atoms with Gasteiger partial charge in [0.25, 0.3) is 0 Å². The monoisotopic (exact) mass is 284 g/mol. The summed E-state index contributed by atoms with van der Waals surface area (Å²) >= 11 is 0. The van der Waals surface area contributed by atoms with E-state index >= 15 is 0 Å². The molecular formula is C12H16N2O4S. The highest BCUT2D eigenvalue weighted by atomic mass is 32.2. The minimum atomic E-state index is -3.55.